The van der Waals surface area contributed by atoms with Crippen LogP contribution < -0.4 is 5.32 Å². The average Bonchev–Trinajstić information content (AvgIpc) is 2.36. The van der Waals surface area contributed by atoms with Crippen molar-refractivity contribution in [2.24, 2.45) is 0 Å². The second-order valence-electron chi connectivity index (χ2n) is 5.45. The molecule has 3 heteroatoms. The number of carbonyl (C=O) groups is 1. The van der Waals surface area contributed by atoms with Crippen molar-refractivity contribution in [3.8, 4) is 0 Å². The van der Waals surface area contributed by atoms with Crippen molar-refractivity contribution < 1.29 is 9.53 Å². The molecule has 19 heavy (non-hydrogen) atoms. The van der Waals surface area contributed by atoms with Crippen LogP contribution in [0.15, 0.2) is 18.2 Å². The molecule has 0 spiro atoms. The Bertz CT molecular complexity index is 436. The lowest BCUT2D eigenvalue weighted by molar-refractivity contribution is -0.148. The molecule has 106 valence electrons. The fraction of sp³-hybridized carbons (Fsp3) is 0.562. The molecule has 1 rings (SSSR count). The van der Waals surface area contributed by atoms with Gasteiger partial charge < -0.3 is 4.74 Å². The van der Waals surface area contributed by atoms with Crippen LogP contribution in [0.4, 0.5) is 0 Å². The smallest absolute Gasteiger partial charge is 0.330 e. The van der Waals surface area contributed by atoms with Crippen LogP contribution in [0.2, 0.25) is 0 Å². The van der Waals surface area contributed by atoms with E-state index in [9.17, 15) is 4.79 Å². The van der Waals surface area contributed by atoms with Gasteiger partial charge in [0.2, 0.25) is 0 Å². The minimum atomic E-state index is -0.805. The lowest BCUT2D eigenvalue weighted by atomic mass is 9.88. The number of nitrogens with one attached hydrogen (secondary N) is 1. The predicted octanol–water partition coefficient (Wildman–Crippen LogP) is 3.08. The Morgan fingerprint density at radius 1 is 1.32 bits per heavy atom. The van der Waals surface area contributed by atoms with Gasteiger partial charge in [-0.15, -0.1) is 0 Å². The van der Waals surface area contributed by atoms with Crippen molar-refractivity contribution in [1.82, 2.24) is 5.32 Å². The lowest BCUT2D eigenvalue weighted by Crippen LogP contribution is -2.51. The molecule has 0 saturated carbocycles. The summed E-state index contributed by atoms with van der Waals surface area (Å²) < 4.78 is 4.99. The summed E-state index contributed by atoms with van der Waals surface area (Å²) in [5.41, 5.74) is 2.45. The van der Waals surface area contributed by atoms with E-state index in [2.05, 4.69) is 25.2 Å². The summed E-state index contributed by atoms with van der Waals surface area (Å²) >= 11 is 0. The molecule has 0 aliphatic heterocycles. The van der Waals surface area contributed by atoms with Gasteiger partial charge in [0.25, 0.3) is 0 Å². The van der Waals surface area contributed by atoms with Crippen LogP contribution in [-0.4, -0.2) is 19.1 Å². The first-order chi connectivity index (χ1) is 8.83. The Kier molecular flexibility index (Phi) is 5.12. The number of carbonyl (C=O) groups excluding carboxylic acids is 1. The summed E-state index contributed by atoms with van der Waals surface area (Å²) in [6, 6.07) is 6.42. The highest BCUT2D eigenvalue weighted by atomic mass is 16.5. The highest BCUT2D eigenvalue weighted by Gasteiger charge is 2.37. The van der Waals surface area contributed by atoms with E-state index in [4.69, 9.17) is 4.74 Å². The van der Waals surface area contributed by atoms with Crippen LogP contribution in [-0.2, 0) is 15.1 Å². The second kappa shape index (κ2) is 6.20. The molecule has 0 radical (unpaired) electrons. The summed E-state index contributed by atoms with van der Waals surface area (Å²) in [5.74, 6) is -0.252. The molecule has 0 amide bonds. The van der Waals surface area contributed by atoms with Gasteiger partial charge in [0.05, 0.1) is 7.11 Å². The molecule has 0 aliphatic rings. The molecule has 0 fully saturated rings. The zero-order valence-corrected chi connectivity index (χ0v) is 12.8. The molecule has 0 aromatic heterocycles. The van der Waals surface area contributed by atoms with Gasteiger partial charge in [0.15, 0.2) is 0 Å². The van der Waals surface area contributed by atoms with E-state index in [1.165, 1.54) is 7.11 Å². The summed E-state index contributed by atoms with van der Waals surface area (Å²) in [5, 5.41) is 3.39. The molecule has 1 aromatic carbocycles. The number of ether oxygens (including phenoxy) is 1. The van der Waals surface area contributed by atoms with Gasteiger partial charge in [-0.1, -0.05) is 36.2 Å². The standard InChI is InChI=1S/C16H25NO2/c1-7-13(4)17-16(5,15(18)19-6)14-9-11(2)8-12(3)10-14/h8-10,13,17H,7H2,1-6H3. The number of hydrogen-bond acceptors (Lipinski definition) is 3. The van der Waals surface area contributed by atoms with Gasteiger partial charge in [0.1, 0.15) is 5.54 Å². The van der Waals surface area contributed by atoms with Crippen LogP contribution in [0.3, 0.4) is 0 Å². The van der Waals surface area contributed by atoms with E-state index in [1.807, 2.05) is 32.9 Å². The highest BCUT2D eigenvalue weighted by Crippen LogP contribution is 2.25. The monoisotopic (exact) mass is 263 g/mol. The van der Waals surface area contributed by atoms with Gasteiger partial charge in [-0.3, -0.25) is 5.32 Å². The summed E-state index contributed by atoms with van der Waals surface area (Å²) in [6.07, 6.45) is 0.956. The predicted molar refractivity (Wildman–Crippen MR) is 78.2 cm³/mol. The van der Waals surface area contributed by atoms with E-state index in [-0.39, 0.29) is 12.0 Å². The van der Waals surface area contributed by atoms with Crippen molar-refractivity contribution in [3.63, 3.8) is 0 Å². The number of benzene rings is 1. The van der Waals surface area contributed by atoms with Crippen molar-refractivity contribution >= 4 is 5.97 Å². The van der Waals surface area contributed by atoms with Crippen LogP contribution in [0.25, 0.3) is 0 Å². The number of rotatable bonds is 5. The first kappa shape index (κ1) is 15.7. The van der Waals surface area contributed by atoms with Crippen molar-refractivity contribution in [1.29, 1.82) is 0 Å². The maximum atomic E-state index is 12.2. The van der Waals surface area contributed by atoms with Crippen LogP contribution in [0.5, 0.6) is 0 Å². The molecular weight excluding hydrogens is 238 g/mol. The summed E-state index contributed by atoms with van der Waals surface area (Å²) in [6.45, 7) is 10.1. The molecule has 2 unspecified atom stereocenters. The number of methoxy groups -OCH3 is 1. The molecule has 1 aromatic rings. The maximum Gasteiger partial charge on any atom is 0.330 e. The Balaban J connectivity index is 3.26. The third-order valence-corrected chi connectivity index (χ3v) is 3.54. The summed E-state index contributed by atoms with van der Waals surface area (Å²) in [7, 11) is 1.43. The third kappa shape index (κ3) is 3.57. The second-order valence-corrected chi connectivity index (χ2v) is 5.45. The van der Waals surface area contributed by atoms with Gasteiger partial charge in [-0.25, -0.2) is 4.79 Å². The zero-order chi connectivity index (χ0) is 14.6. The number of esters is 1. The van der Waals surface area contributed by atoms with E-state index in [0.717, 1.165) is 23.1 Å². The molecule has 2 atom stereocenters. The molecule has 0 aliphatic carbocycles. The number of hydrogen-bond donors (Lipinski definition) is 1. The fourth-order valence-corrected chi connectivity index (χ4v) is 2.32. The van der Waals surface area contributed by atoms with E-state index < -0.39 is 5.54 Å². The summed E-state index contributed by atoms with van der Waals surface area (Å²) in [4.78, 5) is 12.2. The average molecular weight is 263 g/mol. The van der Waals surface area contributed by atoms with Crippen molar-refractivity contribution in [2.45, 2.75) is 52.6 Å². The lowest BCUT2D eigenvalue weighted by Gasteiger charge is -2.32. The topological polar surface area (TPSA) is 38.3 Å². The SMILES string of the molecule is CCC(C)NC(C)(C(=O)OC)c1cc(C)cc(C)c1. The molecule has 0 saturated heterocycles. The zero-order valence-electron chi connectivity index (χ0n) is 12.8. The van der Waals surface area contributed by atoms with Gasteiger partial charge >= 0.3 is 5.97 Å². The maximum absolute atomic E-state index is 12.2. The van der Waals surface area contributed by atoms with Crippen LogP contribution in [0.1, 0.15) is 43.9 Å². The number of aryl methyl sites for hydroxylation is 2. The molecule has 0 heterocycles. The highest BCUT2D eigenvalue weighted by molar-refractivity contribution is 5.82. The van der Waals surface area contributed by atoms with Crippen molar-refractivity contribution in [2.75, 3.05) is 7.11 Å². The van der Waals surface area contributed by atoms with Crippen LogP contribution in [0, 0.1) is 13.8 Å². The van der Waals surface area contributed by atoms with Gasteiger partial charge in [0, 0.05) is 6.04 Å². The van der Waals surface area contributed by atoms with E-state index in [1.54, 1.807) is 0 Å². The largest absolute Gasteiger partial charge is 0.467 e. The van der Waals surface area contributed by atoms with E-state index in [0.29, 0.717) is 0 Å². The quantitative estimate of drug-likeness (QED) is 0.830. The van der Waals surface area contributed by atoms with Gasteiger partial charge in [-0.2, -0.15) is 0 Å². The first-order valence-corrected chi connectivity index (χ1v) is 6.78. The minimum absolute atomic E-state index is 0.241. The Labute approximate surface area is 116 Å². The molecule has 3 nitrogen and oxygen atoms in total. The Morgan fingerprint density at radius 2 is 1.84 bits per heavy atom. The molecular formula is C16H25NO2. The third-order valence-electron chi connectivity index (χ3n) is 3.54. The van der Waals surface area contributed by atoms with Gasteiger partial charge in [-0.05, 0) is 39.7 Å². The van der Waals surface area contributed by atoms with Crippen LogP contribution >= 0.6 is 0 Å². The first-order valence-electron chi connectivity index (χ1n) is 6.78. The van der Waals surface area contributed by atoms with E-state index >= 15 is 0 Å². The van der Waals surface area contributed by atoms with Crippen molar-refractivity contribution in [3.05, 3.63) is 34.9 Å². The minimum Gasteiger partial charge on any atom is -0.467 e. The molecule has 0 bridgehead atoms. The normalized spacial score (nSPS) is 15.7. The fourth-order valence-electron chi connectivity index (χ4n) is 2.32. The Hall–Kier alpha value is -1.35. The molecule has 1 N–H and O–H groups in total. The Morgan fingerprint density at radius 3 is 2.26 bits per heavy atom.